The van der Waals surface area contributed by atoms with Crippen molar-refractivity contribution in [2.45, 2.75) is 38.7 Å². The number of carboxylic acids is 1. The van der Waals surface area contributed by atoms with Crippen LogP contribution in [0, 0.1) is 5.92 Å². The maximum absolute atomic E-state index is 11.9. The van der Waals surface area contributed by atoms with Crippen molar-refractivity contribution in [1.29, 1.82) is 0 Å². The summed E-state index contributed by atoms with van der Waals surface area (Å²) in [5.74, 6) is -0.614. The van der Waals surface area contributed by atoms with Gasteiger partial charge >= 0.3 is 12.0 Å². The van der Waals surface area contributed by atoms with Crippen molar-refractivity contribution in [2.75, 3.05) is 26.7 Å². The molecule has 19 heavy (non-hydrogen) atoms. The van der Waals surface area contributed by atoms with E-state index >= 15 is 0 Å². The number of carboxylic acid groups (broad SMARTS) is 1. The third kappa shape index (κ3) is 5.92. The third-order valence-corrected chi connectivity index (χ3v) is 3.52. The first-order valence-corrected chi connectivity index (χ1v) is 6.80. The molecule has 2 N–H and O–H groups in total. The molecule has 0 saturated carbocycles. The zero-order chi connectivity index (χ0) is 14.3. The van der Waals surface area contributed by atoms with E-state index in [1.165, 1.54) is 0 Å². The Balaban J connectivity index is 2.19. The van der Waals surface area contributed by atoms with Gasteiger partial charge in [-0.3, -0.25) is 4.79 Å². The second-order valence-corrected chi connectivity index (χ2v) is 5.15. The predicted octanol–water partition coefficient (Wildman–Crippen LogP) is 1.31. The highest BCUT2D eigenvalue weighted by atomic mass is 16.5. The second-order valence-electron chi connectivity index (χ2n) is 5.15. The lowest BCUT2D eigenvalue weighted by atomic mass is 10.1. The van der Waals surface area contributed by atoms with Crippen molar-refractivity contribution in [3.8, 4) is 0 Å². The molecule has 110 valence electrons. The Morgan fingerprint density at radius 1 is 1.42 bits per heavy atom. The zero-order valence-corrected chi connectivity index (χ0v) is 11.7. The molecule has 1 fully saturated rings. The highest BCUT2D eigenvalue weighted by Gasteiger charge is 2.22. The van der Waals surface area contributed by atoms with Crippen LogP contribution in [-0.2, 0) is 9.53 Å². The SMILES string of the molecule is COC1CCN(C(=O)NCC(C)CCC(=O)O)CC1. The standard InChI is InChI=1S/C13H24N2O4/c1-10(3-4-12(16)17)9-14-13(18)15-7-5-11(19-2)6-8-15/h10-11H,3-9H2,1-2H3,(H,14,18)(H,16,17). The van der Waals surface area contributed by atoms with Gasteiger partial charge in [0.15, 0.2) is 0 Å². The van der Waals surface area contributed by atoms with Crippen molar-refractivity contribution in [3.05, 3.63) is 0 Å². The molecule has 0 spiro atoms. The van der Waals surface area contributed by atoms with Crippen molar-refractivity contribution in [2.24, 2.45) is 5.92 Å². The number of hydrogen-bond donors (Lipinski definition) is 2. The van der Waals surface area contributed by atoms with Crippen molar-refractivity contribution in [3.63, 3.8) is 0 Å². The van der Waals surface area contributed by atoms with Gasteiger partial charge in [0, 0.05) is 33.2 Å². The summed E-state index contributed by atoms with van der Waals surface area (Å²) in [5, 5.41) is 11.4. The summed E-state index contributed by atoms with van der Waals surface area (Å²) in [6, 6.07) is -0.0586. The van der Waals surface area contributed by atoms with Crippen LogP contribution in [-0.4, -0.2) is 54.9 Å². The maximum Gasteiger partial charge on any atom is 0.317 e. The Morgan fingerprint density at radius 2 is 2.05 bits per heavy atom. The quantitative estimate of drug-likeness (QED) is 0.764. The Kier molecular flexibility index (Phi) is 6.62. The molecule has 1 unspecified atom stereocenters. The number of piperidine rings is 1. The second kappa shape index (κ2) is 7.99. The average molecular weight is 272 g/mol. The molecule has 0 bridgehead atoms. The molecule has 0 aromatic heterocycles. The van der Waals surface area contributed by atoms with Gasteiger partial charge in [0.05, 0.1) is 6.10 Å². The monoisotopic (exact) mass is 272 g/mol. The fourth-order valence-corrected chi connectivity index (χ4v) is 2.14. The summed E-state index contributed by atoms with van der Waals surface area (Å²) in [6.45, 7) is 3.90. The van der Waals surface area contributed by atoms with Gasteiger partial charge in [-0.1, -0.05) is 6.92 Å². The number of carbonyl (C=O) groups is 2. The van der Waals surface area contributed by atoms with E-state index in [2.05, 4.69) is 5.32 Å². The molecule has 1 saturated heterocycles. The molecular weight excluding hydrogens is 248 g/mol. The van der Waals surface area contributed by atoms with Crippen LogP contribution in [0.4, 0.5) is 4.79 Å². The van der Waals surface area contributed by atoms with E-state index < -0.39 is 5.97 Å². The average Bonchev–Trinajstić information content (AvgIpc) is 2.42. The fraction of sp³-hybridized carbons (Fsp3) is 0.846. The minimum Gasteiger partial charge on any atom is -0.481 e. The molecule has 1 atom stereocenters. The first-order chi connectivity index (χ1) is 9.02. The molecule has 1 aliphatic rings. The smallest absolute Gasteiger partial charge is 0.317 e. The van der Waals surface area contributed by atoms with Gasteiger partial charge < -0.3 is 20.1 Å². The van der Waals surface area contributed by atoms with E-state index in [4.69, 9.17) is 9.84 Å². The van der Waals surface area contributed by atoms with Crippen LogP contribution in [0.25, 0.3) is 0 Å². The maximum atomic E-state index is 11.9. The number of likely N-dealkylation sites (tertiary alicyclic amines) is 1. The number of methoxy groups -OCH3 is 1. The van der Waals surface area contributed by atoms with E-state index in [1.807, 2.05) is 6.92 Å². The Bertz CT molecular complexity index is 301. The minimum atomic E-state index is -0.792. The molecule has 1 rings (SSSR count). The lowest BCUT2D eigenvalue weighted by Crippen LogP contribution is -2.46. The van der Waals surface area contributed by atoms with Gasteiger partial charge in [0.25, 0.3) is 0 Å². The summed E-state index contributed by atoms with van der Waals surface area (Å²) < 4.78 is 5.26. The Hall–Kier alpha value is -1.30. The molecular formula is C13H24N2O4. The van der Waals surface area contributed by atoms with Crippen molar-refractivity contribution in [1.82, 2.24) is 10.2 Å². The Morgan fingerprint density at radius 3 is 2.58 bits per heavy atom. The van der Waals surface area contributed by atoms with Gasteiger partial charge in [-0.2, -0.15) is 0 Å². The van der Waals surface area contributed by atoms with Crippen molar-refractivity contribution < 1.29 is 19.4 Å². The molecule has 1 aliphatic heterocycles. The largest absolute Gasteiger partial charge is 0.481 e. The summed E-state index contributed by atoms with van der Waals surface area (Å²) in [6.07, 6.45) is 2.74. The van der Waals surface area contributed by atoms with Gasteiger partial charge in [-0.15, -0.1) is 0 Å². The number of nitrogens with one attached hydrogen (secondary N) is 1. The van der Waals surface area contributed by atoms with Crippen LogP contribution < -0.4 is 5.32 Å². The summed E-state index contributed by atoms with van der Waals surface area (Å²) in [4.78, 5) is 24.1. The zero-order valence-electron chi connectivity index (χ0n) is 11.7. The van der Waals surface area contributed by atoms with Gasteiger partial charge in [0.2, 0.25) is 0 Å². The number of rotatable bonds is 6. The summed E-state index contributed by atoms with van der Waals surface area (Å²) in [7, 11) is 1.70. The summed E-state index contributed by atoms with van der Waals surface area (Å²) >= 11 is 0. The topological polar surface area (TPSA) is 78.9 Å². The van der Waals surface area contributed by atoms with E-state index in [9.17, 15) is 9.59 Å². The van der Waals surface area contributed by atoms with Gasteiger partial charge in [-0.05, 0) is 25.2 Å². The molecule has 6 heteroatoms. The molecule has 2 amide bonds. The number of hydrogen-bond acceptors (Lipinski definition) is 3. The number of ether oxygens (including phenoxy) is 1. The van der Waals surface area contributed by atoms with Crippen LogP contribution in [0.5, 0.6) is 0 Å². The number of aliphatic carboxylic acids is 1. The van der Waals surface area contributed by atoms with Gasteiger partial charge in [-0.25, -0.2) is 4.79 Å². The van der Waals surface area contributed by atoms with Crippen LogP contribution in [0.15, 0.2) is 0 Å². The van der Waals surface area contributed by atoms with E-state index in [-0.39, 0.29) is 24.5 Å². The molecule has 0 aromatic carbocycles. The first kappa shape index (κ1) is 15.8. The number of amides is 2. The van der Waals surface area contributed by atoms with Crippen LogP contribution >= 0.6 is 0 Å². The normalized spacial score (nSPS) is 18.1. The molecule has 0 aliphatic carbocycles. The lowest BCUT2D eigenvalue weighted by Gasteiger charge is -2.31. The molecule has 1 heterocycles. The number of nitrogens with zero attached hydrogens (tertiary/aromatic N) is 1. The predicted molar refractivity (Wildman–Crippen MR) is 71.0 cm³/mol. The van der Waals surface area contributed by atoms with Gasteiger partial charge in [0.1, 0.15) is 0 Å². The van der Waals surface area contributed by atoms with E-state index in [0.29, 0.717) is 26.1 Å². The van der Waals surface area contributed by atoms with E-state index in [1.54, 1.807) is 12.0 Å². The Labute approximate surface area is 114 Å². The number of urea groups is 1. The highest BCUT2D eigenvalue weighted by molar-refractivity contribution is 5.74. The molecule has 0 aromatic rings. The lowest BCUT2D eigenvalue weighted by molar-refractivity contribution is -0.137. The highest BCUT2D eigenvalue weighted by Crippen LogP contribution is 2.13. The molecule has 0 radical (unpaired) electrons. The minimum absolute atomic E-state index is 0.0586. The molecule has 6 nitrogen and oxygen atoms in total. The van der Waals surface area contributed by atoms with Crippen molar-refractivity contribution >= 4 is 12.0 Å². The fourth-order valence-electron chi connectivity index (χ4n) is 2.14. The van der Waals surface area contributed by atoms with Crippen LogP contribution in [0.3, 0.4) is 0 Å². The van der Waals surface area contributed by atoms with Crippen LogP contribution in [0.2, 0.25) is 0 Å². The van der Waals surface area contributed by atoms with Crippen LogP contribution in [0.1, 0.15) is 32.6 Å². The summed E-state index contributed by atoms with van der Waals surface area (Å²) in [5.41, 5.74) is 0. The van der Waals surface area contributed by atoms with E-state index in [0.717, 1.165) is 12.8 Å². The number of carbonyl (C=O) groups excluding carboxylic acids is 1. The third-order valence-electron chi connectivity index (χ3n) is 3.52. The first-order valence-electron chi connectivity index (χ1n) is 6.80.